The Balaban J connectivity index is 2.57. The average Bonchev–Trinajstić information content (AvgIpc) is 2.39. The summed E-state index contributed by atoms with van der Waals surface area (Å²) in [6.45, 7) is 0. The molecule has 0 aliphatic heterocycles. The summed E-state index contributed by atoms with van der Waals surface area (Å²) in [6.07, 6.45) is 0. The second kappa shape index (κ2) is 5.23. The predicted molar refractivity (Wildman–Crippen MR) is 71.5 cm³/mol. The van der Waals surface area contributed by atoms with Gasteiger partial charge >= 0.3 is 0 Å². The van der Waals surface area contributed by atoms with Crippen molar-refractivity contribution in [1.29, 1.82) is 0 Å². The van der Waals surface area contributed by atoms with E-state index in [0.29, 0.717) is 11.5 Å². The number of hydrogen-bond donors (Lipinski definition) is 0. The smallest absolute Gasteiger partial charge is 0.175 e. The molecule has 0 N–H and O–H groups in total. The maximum Gasteiger partial charge on any atom is 0.175 e. The van der Waals surface area contributed by atoms with Crippen molar-refractivity contribution >= 4 is 15.9 Å². The zero-order valence-corrected chi connectivity index (χ0v) is 11.2. The van der Waals surface area contributed by atoms with Crippen LogP contribution in [0.5, 0.6) is 11.5 Å². The number of methoxy groups -OCH3 is 2. The summed E-state index contributed by atoms with van der Waals surface area (Å²) in [5.41, 5.74) is 2.17. The second-order valence-electron chi connectivity index (χ2n) is 3.45. The monoisotopic (exact) mass is 291 g/mol. The van der Waals surface area contributed by atoms with Gasteiger partial charge in [-0.25, -0.2) is 0 Å². The highest BCUT2D eigenvalue weighted by atomic mass is 79.9. The van der Waals surface area contributed by atoms with Gasteiger partial charge in [0.15, 0.2) is 11.5 Å². The van der Waals surface area contributed by atoms with Gasteiger partial charge in [-0.2, -0.15) is 0 Å². The van der Waals surface area contributed by atoms with Gasteiger partial charge in [-0.15, -0.1) is 0 Å². The normalized spacial score (nSPS) is 10.1. The summed E-state index contributed by atoms with van der Waals surface area (Å²) >= 11 is 3.55. The molecule has 0 heterocycles. The van der Waals surface area contributed by atoms with Gasteiger partial charge < -0.3 is 9.47 Å². The predicted octanol–water partition coefficient (Wildman–Crippen LogP) is 3.93. The van der Waals surface area contributed by atoms with E-state index >= 15 is 0 Å². The molecule has 2 aromatic rings. The number of halogens is 1. The molecule has 0 bridgehead atoms. The van der Waals surface area contributed by atoms with Crippen molar-refractivity contribution in [1.82, 2.24) is 0 Å². The molecule has 1 radical (unpaired) electrons. The van der Waals surface area contributed by atoms with Gasteiger partial charge in [0.2, 0.25) is 0 Å². The molecule has 0 saturated heterocycles. The molecule has 0 atom stereocenters. The van der Waals surface area contributed by atoms with Gasteiger partial charge in [-0.05, 0) is 45.3 Å². The third-order valence-electron chi connectivity index (χ3n) is 2.51. The Morgan fingerprint density at radius 2 is 1.71 bits per heavy atom. The summed E-state index contributed by atoms with van der Waals surface area (Å²) in [5, 5.41) is 0. The lowest BCUT2D eigenvalue weighted by molar-refractivity contribution is 0.353. The molecule has 0 amide bonds. The molecule has 0 aliphatic carbocycles. The van der Waals surface area contributed by atoms with Crippen LogP contribution in [0.2, 0.25) is 0 Å². The van der Waals surface area contributed by atoms with Crippen molar-refractivity contribution in [3.8, 4) is 22.6 Å². The lowest BCUT2D eigenvalue weighted by Gasteiger charge is -2.13. The quantitative estimate of drug-likeness (QED) is 0.853. The number of rotatable bonds is 3. The van der Waals surface area contributed by atoms with E-state index < -0.39 is 0 Å². The van der Waals surface area contributed by atoms with E-state index in [1.54, 1.807) is 14.2 Å². The van der Waals surface area contributed by atoms with Gasteiger partial charge in [-0.3, -0.25) is 0 Å². The van der Waals surface area contributed by atoms with Crippen molar-refractivity contribution < 1.29 is 9.47 Å². The summed E-state index contributed by atoms with van der Waals surface area (Å²) in [4.78, 5) is 0. The van der Waals surface area contributed by atoms with Crippen LogP contribution < -0.4 is 9.47 Å². The van der Waals surface area contributed by atoms with Gasteiger partial charge in [0.25, 0.3) is 0 Å². The van der Waals surface area contributed by atoms with Crippen molar-refractivity contribution in [2.24, 2.45) is 0 Å². The first-order chi connectivity index (χ1) is 8.27. The van der Waals surface area contributed by atoms with Crippen LogP contribution in [0.15, 0.2) is 40.9 Å². The Labute approximate surface area is 109 Å². The molecule has 0 fully saturated rings. The highest BCUT2D eigenvalue weighted by Gasteiger charge is 2.13. The number of ether oxygens (including phenoxy) is 2. The molecule has 17 heavy (non-hydrogen) atoms. The third-order valence-corrected chi connectivity index (χ3v) is 3.30. The first-order valence-electron chi connectivity index (χ1n) is 5.15. The van der Waals surface area contributed by atoms with Crippen LogP contribution in [0, 0.1) is 6.07 Å². The van der Waals surface area contributed by atoms with E-state index in [0.717, 1.165) is 15.6 Å². The van der Waals surface area contributed by atoms with Gasteiger partial charge in [0.1, 0.15) is 0 Å². The molecule has 0 aromatic heterocycles. The lowest BCUT2D eigenvalue weighted by Crippen LogP contribution is -1.93. The molecular weight excluding hydrogens is 280 g/mol. The van der Waals surface area contributed by atoms with Crippen LogP contribution >= 0.6 is 15.9 Å². The molecule has 0 aliphatic rings. The van der Waals surface area contributed by atoms with Gasteiger partial charge in [0, 0.05) is 0 Å². The topological polar surface area (TPSA) is 18.5 Å². The molecule has 87 valence electrons. The highest BCUT2D eigenvalue weighted by molar-refractivity contribution is 9.10. The standard InChI is InChI=1S/C14H12BrO2/c1-16-12-9-8-11(13(15)14(12)17-2)10-6-4-3-5-7-10/h4-9H,1-2H3. The number of benzene rings is 2. The van der Waals surface area contributed by atoms with Crippen molar-refractivity contribution in [2.45, 2.75) is 0 Å². The average molecular weight is 292 g/mol. The van der Waals surface area contributed by atoms with Crippen LogP contribution in [0.1, 0.15) is 0 Å². The zero-order chi connectivity index (χ0) is 12.3. The Hall–Kier alpha value is -1.48. The Morgan fingerprint density at radius 1 is 1.00 bits per heavy atom. The Morgan fingerprint density at radius 3 is 2.29 bits per heavy atom. The first kappa shape index (κ1) is 12.0. The molecule has 2 rings (SSSR count). The molecule has 3 heteroatoms. The summed E-state index contributed by atoms with van der Waals surface area (Å²) in [5.74, 6) is 1.42. The fourth-order valence-corrected chi connectivity index (χ4v) is 2.40. The zero-order valence-electron chi connectivity index (χ0n) is 9.66. The van der Waals surface area contributed by atoms with Gasteiger partial charge in [-0.1, -0.05) is 24.3 Å². The summed E-state index contributed by atoms with van der Waals surface area (Å²) in [7, 11) is 3.26. The lowest BCUT2D eigenvalue weighted by atomic mass is 10.1. The van der Waals surface area contributed by atoms with Crippen LogP contribution in [-0.4, -0.2) is 14.2 Å². The van der Waals surface area contributed by atoms with Crippen molar-refractivity contribution in [3.63, 3.8) is 0 Å². The minimum Gasteiger partial charge on any atom is -0.493 e. The fraction of sp³-hybridized carbons (Fsp3) is 0.143. The number of hydrogen-bond acceptors (Lipinski definition) is 2. The molecule has 0 spiro atoms. The van der Waals surface area contributed by atoms with E-state index in [1.807, 2.05) is 36.4 Å². The molecular formula is C14H12BrO2. The SMILES string of the molecule is COc1ccc(-c2cc[c]cc2)c(Br)c1OC. The molecule has 2 nitrogen and oxygen atoms in total. The highest BCUT2D eigenvalue weighted by Crippen LogP contribution is 2.41. The summed E-state index contributed by atoms with van der Waals surface area (Å²) in [6, 6.07) is 14.7. The van der Waals surface area contributed by atoms with E-state index in [-0.39, 0.29) is 0 Å². The third kappa shape index (κ3) is 2.29. The van der Waals surface area contributed by atoms with Gasteiger partial charge in [0.05, 0.1) is 18.7 Å². The van der Waals surface area contributed by atoms with Crippen LogP contribution in [0.3, 0.4) is 0 Å². The van der Waals surface area contributed by atoms with Crippen molar-refractivity contribution in [3.05, 3.63) is 46.9 Å². The second-order valence-corrected chi connectivity index (χ2v) is 4.24. The van der Waals surface area contributed by atoms with Crippen molar-refractivity contribution in [2.75, 3.05) is 14.2 Å². The minimum absolute atomic E-state index is 0.706. The maximum atomic E-state index is 5.35. The van der Waals surface area contributed by atoms with E-state index in [2.05, 4.69) is 22.0 Å². The Bertz CT molecular complexity index is 509. The van der Waals surface area contributed by atoms with E-state index in [4.69, 9.17) is 9.47 Å². The van der Waals surface area contributed by atoms with E-state index in [9.17, 15) is 0 Å². The van der Waals surface area contributed by atoms with E-state index in [1.165, 1.54) is 0 Å². The maximum absolute atomic E-state index is 5.35. The van der Waals surface area contributed by atoms with Crippen LogP contribution in [0.25, 0.3) is 11.1 Å². The minimum atomic E-state index is 0.706. The largest absolute Gasteiger partial charge is 0.493 e. The molecule has 0 unspecified atom stereocenters. The van der Waals surface area contributed by atoms with Crippen LogP contribution in [0.4, 0.5) is 0 Å². The van der Waals surface area contributed by atoms with Crippen LogP contribution in [-0.2, 0) is 0 Å². The molecule has 2 aromatic carbocycles. The first-order valence-corrected chi connectivity index (χ1v) is 5.94. The summed E-state index contributed by atoms with van der Waals surface area (Å²) < 4.78 is 11.5. The fourth-order valence-electron chi connectivity index (χ4n) is 1.68. The Kier molecular flexibility index (Phi) is 3.69. The molecule has 0 saturated carbocycles.